The first-order valence-electron chi connectivity index (χ1n) is 9.69. The van der Waals surface area contributed by atoms with E-state index in [0.717, 1.165) is 34.1 Å². The minimum Gasteiger partial charge on any atom is -0.303 e. The van der Waals surface area contributed by atoms with Gasteiger partial charge in [0.1, 0.15) is 5.82 Å². The summed E-state index contributed by atoms with van der Waals surface area (Å²) < 4.78 is 2.27. The van der Waals surface area contributed by atoms with Crippen molar-refractivity contribution in [2.24, 2.45) is 0 Å². The van der Waals surface area contributed by atoms with Gasteiger partial charge in [0, 0.05) is 22.9 Å². The van der Waals surface area contributed by atoms with E-state index in [4.69, 9.17) is 0 Å². The Bertz CT molecular complexity index is 1000. The minimum absolute atomic E-state index is 0.163. The van der Waals surface area contributed by atoms with Crippen LogP contribution in [0.2, 0.25) is 0 Å². The molecule has 0 unspecified atom stereocenters. The van der Waals surface area contributed by atoms with E-state index >= 15 is 0 Å². The zero-order valence-electron chi connectivity index (χ0n) is 16.7. The maximum atomic E-state index is 13.1. The average molecular weight is 412 g/mol. The summed E-state index contributed by atoms with van der Waals surface area (Å²) in [5, 5.41) is 11.7. The molecule has 0 bridgehead atoms. The highest BCUT2D eigenvalue weighted by atomic mass is 32.2. The number of aryl methyl sites for hydroxylation is 3. The van der Waals surface area contributed by atoms with E-state index in [1.807, 2.05) is 19.9 Å². The van der Waals surface area contributed by atoms with Crippen LogP contribution in [-0.2, 0) is 6.42 Å². The average Bonchev–Trinajstić information content (AvgIpc) is 3.22. The van der Waals surface area contributed by atoms with Crippen LogP contribution in [0.5, 0.6) is 0 Å². The van der Waals surface area contributed by atoms with Crippen LogP contribution in [0.15, 0.2) is 34.8 Å². The lowest BCUT2D eigenvalue weighted by Crippen LogP contribution is -2.16. The standard InChI is InChI=1S/C22H25N3OS2/c1-13-10-15(3)19(11-14(13)2)21(26)16(4)28-22-24-23-20(25(22)17-7-8-17)12-18-6-5-9-27-18/h5-6,9-11,16-17H,7-8,12H2,1-4H3/t16-/m0/s1. The van der Waals surface area contributed by atoms with Crippen molar-refractivity contribution in [2.75, 3.05) is 0 Å². The highest BCUT2D eigenvalue weighted by Crippen LogP contribution is 2.40. The van der Waals surface area contributed by atoms with E-state index in [2.05, 4.69) is 52.2 Å². The number of aromatic nitrogens is 3. The quantitative estimate of drug-likeness (QED) is 0.377. The summed E-state index contributed by atoms with van der Waals surface area (Å²) in [5.41, 5.74) is 4.24. The Morgan fingerprint density at radius 1 is 1.21 bits per heavy atom. The molecular formula is C22H25N3OS2. The third-order valence-corrected chi connectivity index (χ3v) is 7.25. The first-order valence-corrected chi connectivity index (χ1v) is 11.4. The molecule has 2 heterocycles. The normalized spacial score (nSPS) is 15.0. The summed E-state index contributed by atoms with van der Waals surface area (Å²) in [5.74, 6) is 1.17. The second-order valence-electron chi connectivity index (χ2n) is 7.63. The summed E-state index contributed by atoms with van der Waals surface area (Å²) in [6.07, 6.45) is 3.14. The molecule has 3 aromatic rings. The number of hydrogen-bond acceptors (Lipinski definition) is 5. The van der Waals surface area contributed by atoms with Gasteiger partial charge in [-0.2, -0.15) is 0 Å². The number of thioether (sulfide) groups is 1. The van der Waals surface area contributed by atoms with E-state index in [9.17, 15) is 4.79 Å². The molecule has 4 nitrogen and oxygen atoms in total. The van der Waals surface area contributed by atoms with Crippen LogP contribution in [-0.4, -0.2) is 25.8 Å². The largest absolute Gasteiger partial charge is 0.303 e. The Labute approximate surface area is 174 Å². The monoisotopic (exact) mass is 411 g/mol. The predicted molar refractivity (Wildman–Crippen MR) is 116 cm³/mol. The molecule has 6 heteroatoms. The van der Waals surface area contributed by atoms with Crippen LogP contribution < -0.4 is 0 Å². The lowest BCUT2D eigenvalue weighted by atomic mass is 9.97. The molecule has 1 atom stereocenters. The summed E-state index contributed by atoms with van der Waals surface area (Å²) in [6.45, 7) is 8.14. The Morgan fingerprint density at radius 2 is 1.96 bits per heavy atom. The second-order valence-corrected chi connectivity index (χ2v) is 9.97. The third kappa shape index (κ3) is 3.94. The van der Waals surface area contributed by atoms with Crippen molar-refractivity contribution < 1.29 is 4.79 Å². The first kappa shape index (κ1) is 19.4. The molecule has 4 rings (SSSR count). The van der Waals surface area contributed by atoms with Crippen molar-refractivity contribution in [3.05, 3.63) is 62.6 Å². The van der Waals surface area contributed by atoms with Crippen molar-refractivity contribution in [1.82, 2.24) is 14.8 Å². The predicted octanol–water partition coefficient (Wildman–Crippen LogP) is 5.55. The minimum atomic E-state index is -0.197. The molecule has 1 saturated carbocycles. The highest BCUT2D eigenvalue weighted by Gasteiger charge is 2.31. The van der Waals surface area contributed by atoms with Crippen molar-refractivity contribution in [3.63, 3.8) is 0 Å². The van der Waals surface area contributed by atoms with Gasteiger partial charge in [0.05, 0.1) is 5.25 Å². The molecule has 28 heavy (non-hydrogen) atoms. The van der Waals surface area contributed by atoms with Gasteiger partial charge >= 0.3 is 0 Å². The molecule has 0 radical (unpaired) electrons. The van der Waals surface area contributed by atoms with Crippen molar-refractivity contribution in [2.45, 2.75) is 63.4 Å². The first-order chi connectivity index (χ1) is 13.4. The molecule has 0 amide bonds. The zero-order chi connectivity index (χ0) is 19.8. The summed E-state index contributed by atoms with van der Waals surface area (Å²) >= 11 is 3.28. The molecule has 1 fully saturated rings. The Hall–Kier alpha value is -1.92. The Balaban J connectivity index is 1.56. The molecule has 2 aromatic heterocycles. The van der Waals surface area contributed by atoms with E-state index in [0.29, 0.717) is 6.04 Å². The van der Waals surface area contributed by atoms with E-state index < -0.39 is 0 Å². The lowest BCUT2D eigenvalue weighted by Gasteiger charge is -2.15. The van der Waals surface area contributed by atoms with Crippen LogP contribution >= 0.6 is 23.1 Å². The molecule has 1 aliphatic rings. The van der Waals surface area contributed by atoms with Crippen molar-refractivity contribution in [1.29, 1.82) is 0 Å². The number of hydrogen-bond donors (Lipinski definition) is 0. The smallest absolute Gasteiger partial charge is 0.192 e. The fourth-order valence-corrected chi connectivity index (χ4v) is 5.14. The Morgan fingerprint density at radius 3 is 2.64 bits per heavy atom. The number of Topliss-reactive ketones (excluding diaryl/α,β-unsaturated/α-hetero) is 1. The lowest BCUT2D eigenvalue weighted by molar-refractivity contribution is 0.0993. The molecule has 0 saturated heterocycles. The van der Waals surface area contributed by atoms with Gasteiger partial charge in [-0.15, -0.1) is 21.5 Å². The van der Waals surface area contributed by atoms with Crippen molar-refractivity contribution >= 4 is 28.9 Å². The fraction of sp³-hybridized carbons (Fsp3) is 0.409. The van der Waals surface area contributed by atoms with Gasteiger partial charge in [0.2, 0.25) is 0 Å². The van der Waals surface area contributed by atoms with Crippen LogP contribution in [0.1, 0.15) is 63.6 Å². The van der Waals surface area contributed by atoms with Gasteiger partial charge in [0.25, 0.3) is 0 Å². The van der Waals surface area contributed by atoms with Gasteiger partial charge in [-0.1, -0.05) is 23.9 Å². The van der Waals surface area contributed by atoms with Gasteiger partial charge in [-0.25, -0.2) is 0 Å². The Kier molecular flexibility index (Phi) is 5.43. The van der Waals surface area contributed by atoms with E-state index in [1.165, 1.54) is 35.0 Å². The number of ketones is 1. The molecule has 1 aliphatic carbocycles. The number of nitrogens with zero attached hydrogens (tertiary/aromatic N) is 3. The number of rotatable bonds is 7. The highest BCUT2D eigenvalue weighted by molar-refractivity contribution is 8.00. The summed E-state index contributed by atoms with van der Waals surface area (Å²) in [4.78, 5) is 14.4. The maximum Gasteiger partial charge on any atom is 0.192 e. The molecule has 0 spiro atoms. The van der Waals surface area contributed by atoms with Crippen LogP contribution in [0, 0.1) is 20.8 Å². The maximum absolute atomic E-state index is 13.1. The summed E-state index contributed by atoms with van der Waals surface area (Å²) in [7, 11) is 0. The number of carbonyl (C=O) groups is 1. The summed E-state index contributed by atoms with van der Waals surface area (Å²) in [6, 6.07) is 8.82. The molecule has 1 aromatic carbocycles. The van der Waals surface area contributed by atoms with Crippen LogP contribution in [0.25, 0.3) is 0 Å². The molecule has 0 N–H and O–H groups in total. The molecule has 146 valence electrons. The van der Waals surface area contributed by atoms with Gasteiger partial charge in [-0.05, 0) is 74.7 Å². The number of benzene rings is 1. The number of thiophene rings is 1. The molecule has 0 aliphatic heterocycles. The fourth-order valence-electron chi connectivity index (χ4n) is 3.43. The zero-order valence-corrected chi connectivity index (χ0v) is 18.4. The van der Waals surface area contributed by atoms with Crippen molar-refractivity contribution in [3.8, 4) is 0 Å². The van der Waals surface area contributed by atoms with Gasteiger partial charge in [-0.3, -0.25) is 4.79 Å². The SMILES string of the molecule is Cc1cc(C)c(C(=O)[C@H](C)Sc2nnc(Cc3cccs3)n2C2CC2)cc1C. The van der Waals surface area contributed by atoms with Gasteiger partial charge in [0.15, 0.2) is 10.9 Å². The van der Waals surface area contributed by atoms with E-state index in [1.54, 1.807) is 11.3 Å². The third-order valence-electron chi connectivity index (χ3n) is 5.32. The van der Waals surface area contributed by atoms with E-state index in [-0.39, 0.29) is 11.0 Å². The van der Waals surface area contributed by atoms with Gasteiger partial charge < -0.3 is 4.57 Å². The molecular weight excluding hydrogens is 386 g/mol. The number of carbonyl (C=O) groups excluding carboxylic acids is 1. The second kappa shape index (κ2) is 7.84. The topological polar surface area (TPSA) is 47.8 Å². The van der Waals surface area contributed by atoms with Crippen LogP contribution in [0.3, 0.4) is 0 Å². The van der Waals surface area contributed by atoms with Crippen LogP contribution in [0.4, 0.5) is 0 Å².